The van der Waals surface area contributed by atoms with Gasteiger partial charge in [0.15, 0.2) is 6.54 Å². The monoisotopic (exact) mass is 345 g/mol. The van der Waals surface area contributed by atoms with E-state index in [2.05, 4.69) is 32.2 Å². The van der Waals surface area contributed by atoms with E-state index in [4.69, 9.17) is 11.6 Å². The van der Waals surface area contributed by atoms with Crippen LogP contribution in [0.1, 0.15) is 50.3 Å². The Labute approximate surface area is 149 Å². The average Bonchev–Trinajstić information content (AvgIpc) is 2.60. The molecule has 0 aromatic heterocycles. The number of carbonyl (C=O) groups is 1. The Morgan fingerprint density at radius 3 is 2.46 bits per heavy atom. The van der Waals surface area contributed by atoms with Gasteiger partial charge >= 0.3 is 0 Å². The summed E-state index contributed by atoms with van der Waals surface area (Å²) in [5.41, 5.74) is 3.27. The fourth-order valence-corrected chi connectivity index (χ4v) is 2.77. The lowest BCUT2D eigenvalue weighted by Gasteiger charge is -2.16. The Hall–Kier alpha value is -1.84. The molecular formula is C20H26ClN2O+. The van der Waals surface area contributed by atoms with Crippen LogP contribution in [-0.2, 0) is 4.79 Å². The molecule has 2 aromatic rings. The lowest BCUT2D eigenvalue weighted by atomic mass is 9.97. The third kappa shape index (κ3) is 5.08. The van der Waals surface area contributed by atoms with Crippen molar-refractivity contribution in [2.45, 2.75) is 39.2 Å². The molecule has 0 radical (unpaired) electrons. The summed E-state index contributed by atoms with van der Waals surface area (Å²) in [6, 6.07) is 16.0. The van der Waals surface area contributed by atoms with E-state index < -0.39 is 0 Å². The Morgan fingerprint density at radius 1 is 1.12 bits per heavy atom. The fourth-order valence-electron chi connectivity index (χ4n) is 2.65. The highest BCUT2D eigenvalue weighted by Gasteiger charge is 2.14. The molecular weight excluding hydrogens is 320 g/mol. The third-order valence-corrected chi connectivity index (χ3v) is 4.68. The second kappa shape index (κ2) is 8.86. The van der Waals surface area contributed by atoms with Crippen LogP contribution in [0.3, 0.4) is 0 Å². The highest BCUT2D eigenvalue weighted by molar-refractivity contribution is 6.30. The zero-order valence-electron chi connectivity index (χ0n) is 14.6. The highest BCUT2D eigenvalue weighted by atomic mass is 35.5. The summed E-state index contributed by atoms with van der Waals surface area (Å²) in [6.07, 6.45) is 1.05. The van der Waals surface area contributed by atoms with Gasteiger partial charge in [-0.3, -0.25) is 4.79 Å². The number of amides is 1. The van der Waals surface area contributed by atoms with Crippen molar-refractivity contribution in [2.24, 2.45) is 0 Å². The Kier molecular flexibility index (Phi) is 6.83. The zero-order valence-corrected chi connectivity index (χ0v) is 15.3. The second-order valence-corrected chi connectivity index (χ2v) is 6.66. The third-order valence-electron chi connectivity index (χ3n) is 4.43. The molecule has 3 N–H and O–H groups in total. The molecule has 0 aliphatic heterocycles. The van der Waals surface area contributed by atoms with Crippen LogP contribution in [0.4, 0.5) is 5.69 Å². The lowest BCUT2D eigenvalue weighted by Crippen LogP contribution is -2.86. The Morgan fingerprint density at radius 2 is 1.79 bits per heavy atom. The second-order valence-electron chi connectivity index (χ2n) is 6.22. The number of hydrogen-bond donors (Lipinski definition) is 2. The van der Waals surface area contributed by atoms with Crippen molar-refractivity contribution >= 4 is 23.2 Å². The average molecular weight is 346 g/mol. The smallest absolute Gasteiger partial charge is 0.279 e. The van der Waals surface area contributed by atoms with E-state index in [1.165, 1.54) is 5.56 Å². The van der Waals surface area contributed by atoms with Crippen molar-refractivity contribution in [1.82, 2.24) is 0 Å². The van der Waals surface area contributed by atoms with Gasteiger partial charge in [-0.25, -0.2) is 0 Å². The summed E-state index contributed by atoms with van der Waals surface area (Å²) in [5, 5.41) is 5.81. The molecule has 0 fully saturated rings. The van der Waals surface area contributed by atoms with E-state index in [-0.39, 0.29) is 11.9 Å². The number of anilines is 1. The number of para-hydroxylation sites is 1. The summed E-state index contributed by atoms with van der Waals surface area (Å²) in [5.74, 6) is 0.449. The summed E-state index contributed by atoms with van der Waals surface area (Å²) in [4.78, 5) is 12.3. The minimum Gasteiger partial charge on any atom is -0.333 e. The van der Waals surface area contributed by atoms with E-state index in [1.807, 2.05) is 47.8 Å². The maximum Gasteiger partial charge on any atom is 0.279 e. The van der Waals surface area contributed by atoms with Gasteiger partial charge in [0.2, 0.25) is 0 Å². The molecule has 0 saturated carbocycles. The molecule has 2 atom stereocenters. The van der Waals surface area contributed by atoms with E-state index in [9.17, 15) is 4.79 Å². The Balaban J connectivity index is 1.93. The van der Waals surface area contributed by atoms with Gasteiger partial charge in [-0.05, 0) is 43.0 Å². The van der Waals surface area contributed by atoms with Gasteiger partial charge in [-0.1, -0.05) is 55.8 Å². The standard InChI is InChI=1S/C20H25ClN2O/c1-4-14(2)18-7-5-6-8-19(18)23-20(24)13-22-15(3)16-9-11-17(21)12-10-16/h5-12,14-15,22H,4,13H2,1-3H3,(H,23,24)/p+1/t14-,15-/m1/s1. The predicted octanol–water partition coefficient (Wildman–Crippen LogP) is 4.12. The van der Waals surface area contributed by atoms with Crippen LogP contribution in [0.2, 0.25) is 5.02 Å². The lowest BCUT2D eigenvalue weighted by molar-refractivity contribution is -0.682. The van der Waals surface area contributed by atoms with Crippen molar-refractivity contribution in [2.75, 3.05) is 11.9 Å². The van der Waals surface area contributed by atoms with Gasteiger partial charge in [0.25, 0.3) is 5.91 Å². The number of nitrogens with one attached hydrogen (secondary N) is 1. The van der Waals surface area contributed by atoms with Crippen LogP contribution in [0.15, 0.2) is 48.5 Å². The van der Waals surface area contributed by atoms with Crippen molar-refractivity contribution in [3.05, 3.63) is 64.7 Å². The van der Waals surface area contributed by atoms with Crippen molar-refractivity contribution < 1.29 is 10.1 Å². The molecule has 128 valence electrons. The predicted molar refractivity (Wildman–Crippen MR) is 100 cm³/mol. The molecule has 2 aromatic carbocycles. The number of carbonyl (C=O) groups excluding carboxylic acids is 1. The maximum atomic E-state index is 12.3. The van der Waals surface area contributed by atoms with Gasteiger partial charge in [0.1, 0.15) is 6.04 Å². The zero-order chi connectivity index (χ0) is 17.5. The molecule has 0 bridgehead atoms. The largest absolute Gasteiger partial charge is 0.333 e. The minimum atomic E-state index is 0.0200. The van der Waals surface area contributed by atoms with Gasteiger partial charge < -0.3 is 10.6 Å². The van der Waals surface area contributed by atoms with Crippen molar-refractivity contribution in [3.63, 3.8) is 0 Å². The number of nitrogens with two attached hydrogens (primary N) is 1. The minimum absolute atomic E-state index is 0.0200. The summed E-state index contributed by atoms with van der Waals surface area (Å²) in [6.45, 7) is 6.81. The first-order valence-corrected chi connectivity index (χ1v) is 8.86. The molecule has 0 unspecified atom stereocenters. The first-order chi connectivity index (χ1) is 11.5. The van der Waals surface area contributed by atoms with Crippen LogP contribution < -0.4 is 10.6 Å². The molecule has 4 heteroatoms. The van der Waals surface area contributed by atoms with Gasteiger partial charge in [0, 0.05) is 16.3 Å². The molecule has 1 amide bonds. The maximum absolute atomic E-state index is 12.3. The van der Waals surface area contributed by atoms with Crippen LogP contribution in [0.25, 0.3) is 0 Å². The summed E-state index contributed by atoms with van der Waals surface area (Å²) in [7, 11) is 0. The van der Waals surface area contributed by atoms with E-state index >= 15 is 0 Å². The molecule has 3 nitrogen and oxygen atoms in total. The van der Waals surface area contributed by atoms with Crippen molar-refractivity contribution in [3.8, 4) is 0 Å². The number of benzene rings is 2. The van der Waals surface area contributed by atoms with Gasteiger partial charge in [-0.2, -0.15) is 0 Å². The van der Waals surface area contributed by atoms with E-state index in [0.717, 1.165) is 22.7 Å². The first kappa shape index (κ1) is 18.5. The molecule has 2 rings (SSSR count). The molecule has 0 heterocycles. The van der Waals surface area contributed by atoms with Crippen molar-refractivity contribution in [1.29, 1.82) is 0 Å². The summed E-state index contributed by atoms with van der Waals surface area (Å²) >= 11 is 5.91. The normalized spacial score (nSPS) is 13.3. The molecule has 0 saturated heterocycles. The number of halogens is 1. The number of hydrogen-bond acceptors (Lipinski definition) is 1. The van der Waals surface area contributed by atoms with Gasteiger partial charge in [0.05, 0.1) is 0 Å². The topological polar surface area (TPSA) is 45.7 Å². The fraction of sp³-hybridized carbons (Fsp3) is 0.350. The Bertz CT molecular complexity index is 670. The number of quaternary nitrogens is 1. The molecule has 0 aliphatic carbocycles. The highest BCUT2D eigenvalue weighted by Crippen LogP contribution is 2.26. The quantitative estimate of drug-likeness (QED) is 0.779. The van der Waals surface area contributed by atoms with Gasteiger partial charge in [-0.15, -0.1) is 0 Å². The first-order valence-electron chi connectivity index (χ1n) is 8.48. The van der Waals surface area contributed by atoms with E-state index in [1.54, 1.807) is 0 Å². The molecule has 24 heavy (non-hydrogen) atoms. The molecule has 0 spiro atoms. The number of rotatable bonds is 7. The van der Waals surface area contributed by atoms with Crippen LogP contribution >= 0.6 is 11.6 Å². The summed E-state index contributed by atoms with van der Waals surface area (Å²) < 4.78 is 0. The van der Waals surface area contributed by atoms with Crippen LogP contribution in [0, 0.1) is 0 Å². The van der Waals surface area contributed by atoms with Crippen LogP contribution in [0.5, 0.6) is 0 Å². The van der Waals surface area contributed by atoms with E-state index in [0.29, 0.717) is 12.5 Å². The SMILES string of the molecule is CC[C@@H](C)c1ccccc1NC(=O)C[NH2+][C@H](C)c1ccc(Cl)cc1. The molecule has 0 aliphatic rings. The van der Waals surface area contributed by atoms with Crippen LogP contribution in [-0.4, -0.2) is 12.5 Å².